The van der Waals surface area contributed by atoms with Crippen LogP contribution in [0.1, 0.15) is 8.22 Å². The van der Waals surface area contributed by atoms with Gasteiger partial charge in [-0.2, -0.15) is 0 Å². The summed E-state index contributed by atoms with van der Waals surface area (Å²) in [5, 5.41) is 2.03. The number of hydrogen-bond acceptors (Lipinski definition) is 3. The Morgan fingerprint density at radius 3 is 2.07 bits per heavy atom. The van der Waals surface area contributed by atoms with Crippen molar-refractivity contribution in [3.63, 3.8) is 0 Å². The monoisotopic (exact) mass is 530 g/mol. The van der Waals surface area contributed by atoms with Crippen LogP contribution in [0.5, 0.6) is 0 Å². The molecule has 0 atom stereocenters. The highest BCUT2D eigenvalue weighted by Crippen LogP contribution is 2.38. The summed E-state index contributed by atoms with van der Waals surface area (Å²) in [5.41, 5.74) is 4.21. The van der Waals surface area contributed by atoms with Crippen molar-refractivity contribution in [2.45, 2.75) is 0 Å². The van der Waals surface area contributed by atoms with Crippen LogP contribution in [0.4, 0.5) is 0 Å². The molecule has 0 aliphatic heterocycles. The lowest BCUT2D eigenvalue weighted by Gasteiger charge is -2.13. The predicted octanol–water partition coefficient (Wildman–Crippen LogP) is 10.2. The second-order valence-electron chi connectivity index (χ2n) is 9.77. The molecule has 0 bridgehead atoms. The van der Waals surface area contributed by atoms with Crippen LogP contribution in [0.15, 0.2) is 150 Å². The Kier molecular flexibility index (Phi) is 4.19. The number of rotatable bonds is 4. The summed E-state index contributed by atoms with van der Waals surface area (Å²) < 4.78 is 59.8. The SMILES string of the molecule is [2H]c1c([2H])c([2H])c2c(-c3ccc4ccc5cccnc5c4n3)c([2H])c([2H])c(-c3cccc(-c4ccc(-c5ccccc5)o4)c3)c2c1[2H]. The van der Waals surface area contributed by atoms with E-state index in [2.05, 4.69) is 4.98 Å². The Morgan fingerprint density at radius 2 is 1.22 bits per heavy atom. The molecule has 3 heteroatoms. The van der Waals surface area contributed by atoms with Crippen molar-refractivity contribution in [1.29, 1.82) is 0 Å². The number of nitrogens with zero attached hydrogens (tertiary/aromatic N) is 2. The van der Waals surface area contributed by atoms with Crippen LogP contribution in [0, 0.1) is 0 Å². The lowest BCUT2D eigenvalue weighted by molar-refractivity contribution is 0.597. The summed E-state index contributed by atoms with van der Waals surface area (Å²) in [6.45, 7) is 0. The highest BCUT2D eigenvalue weighted by Gasteiger charge is 2.13. The van der Waals surface area contributed by atoms with Crippen LogP contribution in [0.25, 0.3) is 77.6 Å². The molecule has 0 aliphatic rings. The van der Waals surface area contributed by atoms with Crippen LogP contribution >= 0.6 is 0 Å². The maximum atomic E-state index is 9.28. The maximum absolute atomic E-state index is 9.28. The number of aromatic nitrogens is 2. The fourth-order valence-electron chi connectivity index (χ4n) is 5.29. The minimum atomic E-state index is -0.419. The number of hydrogen-bond donors (Lipinski definition) is 0. The lowest BCUT2D eigenvalue weighted by Crippen LogP contribution is -1.91. The normalized spacial score (nSPS) is 13.5. The van der Waals surface area contributed by atoms with Gasteiger partial charge in [0.15, 0.2) is 0 Å². The molecule has 0 amide bonds. The van der Waals surface area contributed by atoms with Gasteiger partial charge in [-0.05, 0) is 52.2 Å². The molecule has 0 spiro atoms. The molecule has 8 rings (SSSR count). The van der Waals surface area contributed by atoms with E-state index in [-0.39, 0.29) is 46.1 Å². The van der Waals surface area contributed by atoms with Crippen molar-refractivity contribution in [2.75, 3.05) is 0 Å². The van der Waals surface area contributed by atoms with Gasteiger partial charge in [0.2, 0.25) is 0 Å². The van der Waals surface area contributed by atoms with Crippen LogP contribution < -0.4 is 0 Å². The fraction of sp³-hybridized carbons (Fsp3) is 0. The second kappa shape index (κ2) is 9.58. The summed E-state index contributed by atoms with van der Waals surface area (Å²) in [6.07, 6.45) is 1.69. The van der Waals surface area contributed by atoms with E-state index >= 15 is 0 Å². The molecule has 5 aromatic carbocycles. The standard InChI is InChI=1S/C38H24N2O/c1-2-8-25(9-3-1)35-21-22-36(41-35)29-11-6-10-28(24-29)30-18-19-33(32-14-5-4-13-31(30)32)34-20-17-27-16-15-26-12-7-23-39-37(26)38(27)40-34/h1-24H/i4D,5D,13D,14D,18D,19D. The van der Waals surface area contributed by atoms with E-state index in [1.54, 1.807) is 18.3 Å². The molecular formula is C38H24N2O. The first kappa shape index (κ1) is 17.9. The van der Waals surface area contributed by atoms with Crippen molar-refractivity contribution < 1.29 is 12.6 Å². The van der Waals surface area contributed by atoms with Gasteiger partial charge in [0.1, 0.15) is 11.5 Å². The van der Waals surface area contributed by atoms with Gasteiger partial charge < -0.3 is 4.42 Å². The zero-order chi connectivity index (χ0) is 32.4. The van der Waals surface area contributed by atoms with E-state index in [0.29, 0.717) is 33.8 Å². The van der Waals surface area contributed by atoms with Crippen molar-refractivity contribution >= 4 is 32.6 Å². The molecule has 0 fully saturated rings. The van der Waals surface area contributed by atoms with Crippen molar-refractivity contribution in [2.24, 2.45) is 0 Å². The summed E-state index contributed by atoms with van der Waals surface area (Å²) in [5.74, 6) is 1.31. The maximum Gasteiger partial charge on any atom is 0.134 e. The van der Waals surface area contributed by atoms with Crippen LogP contribution in [-0.2, 0) is 0 Å². The van der Waals surface area contributed by atoms with Gasteiger partial charge in [0.25, 0.3) is 0 Å². The van der Waals surface area contributed by atoms with Gasteiger partial charge in [-0.3, -0.25) is 4.98 Å². The summed E-state index contributed by atoms with van der Waals surface area (Å²) in [7, 11) is 0. The molecule has 0 aliphatic carbocycles. The Balaban J connectivity index is 1.38. The van der Waals surface area contributed by atoms with Crippen molar-refractivity contribution in [1.82, 2.24) is 9.97 Å². The molecule has 0 saturated carbocycles. The molecule has 3 nitrogen and oxygen atoms in total. The highest BCUT2D eigenvalue weighted by atomic mass is 16.3. The Morgan fingerprint density at radius 1 is 0.537 bits per heavy atom. The van der Waals surface area contributed by atoms with Crippen LogP contribution in [-0.4, -0.2) is 9.97 Å². The molecule has 0 saturated heterocycles. The van der Waals surface area contributed by atoms with E-state index in [4.69, 9.17) is 14.9 Å². The Hall–Kier alpha value is -5.54. The third kappa shape index (κ3) is 4.07. The smallest absolute Gasteiger partial charge is 0.134 e. The zero-order valence-corrected chi connectivity index (χ0v) is 21.7. The largest absolute Gasteiger partial charge is 0.456 e. The van der Waals surface area contributed by atoms with Crippen LogP contribution in [0.2, 0.25) is 0 Å². The predicted molar refractivity (Wildman–Crippen MR) is 169 cm³/mol. The van der Waals surface area contributed by atoms with E-state index in [1.807, 2.05) is 91.0 Å². The van der Waals surface area contributed by atoms with Crippen molar-refractivity contribution in [3.05, 3.63) is 146 Å². The first-order valence-corrected chi connectivity index (χ1v) is 13.3. The molecular weight excluding hydrogens is 500 g/mol. The number of benzene rings is 5. The first-order valence-electron chi connectivity index (χ1n) is 16.3. The molecule has 0 unspecified atom stereocenters. The molecule has 41 heavy (non-hydrogen) atoms. The molecule has 0 radical (unpaired) electrons. The second-order valence-corrected chi connectivity index (χ2v) is 9.77. The Labute approximate surface area is 245 Å². The zero-order valence-electron chi connectivity index (χ0n) is 27.7. The molecule has 8 aromatic rings. The number of pyridine rings is 2. The number of furan rings is 1. The van der Waals surface area contributed by atoms with Crippen molar-refractivity contribution in [3.8, 4) is 45.0 Å². The molecule has 0 N–H and O–H groups in total. The van der Waals surface area contributed by atoms with Crippen LogP contribution in [0.3, 0.4) is 0 Å². The summed E-state index contributed by atoms with van der Waals surface area (Å²) in [6, 6.07) is 30.3. The third-order valence-corrected chi connectivity index (χ3v) is 7.29. The third-order valence-electron chi connectivity index (χ3n) is 7.29. The summed E-state index contributed by atoms with van der Waals surface area (Å²) >= 11 is 0. The highest BCUT2D eigenvalue weighted by molar-refractivity contribution is 6.07. The van der Waals surface area contributed by atoms with Gasteiger partial charge in [0, 0.05) is 33.7 Å². The van der Waals surface area contributed by atoms with E-state index in [0.717, 1.165) is 21.9 Å². The summed E-state index contributed by atoms with van der Waals surface area (Å²) in [4.78, 5) is 9.43. The number of fused-ring (bicyclic) bond motifs is 4. The van der Waals surface area contributed by atoms with Gasteiger partial charge in [-0.1, -0.05) is 109 Å². The van der Waals surface area contributed by atoms with E-state index < -0.39 is 12.1 Å². The molecule has 3 aromatic heterocycles. The average Bonchev–Trinajstić information content (AvgIpc) is 3.61. The topological polar surface area (TPSA) is 38.9 Å². The fourth-order valence-corrected chi connectivity index (χ4v) is 5.29. The lowest BCUT2D eigenvalue weighted by atomic mass is 9.92. The van der Waals surface area contributed by atoms with E-state index in [9.17, 15) is 2.74 Å². The quantitative estimate of drug-likeness (QED) is 0.213. The first-order chi connectivity index (χ1) is 22.8. The van der Waals surface area contributed by atoms with Gasteiger partial charge >= 0.3 is 0 Å². The van der Waals surface area contributed by atoms with Gasteiger partial charge in [-0.15, -0.1) is 0 Å². The molecule has 3 heterocycles. The molecule has 192 valence electrons. The average molecular weight is 531 g/mol. The minimum absolute atomic E-state index is 0.141. The van der Waals surface area contributed by atoms with E-state index in [1.165, 1.54) is 0 Å². The van der Waals surface area contributed by atoms with Gasteiger partial charge in [0.05, 0.1) is 25.0 Å². The van der Waals surface area contributed by atoms with Gasteiger partial charge in [-0.25, -0.2) is 4.98 Å². The minimum Gasteiger partial charge on any atom is -0.456 e. The Bertz CT molecular complexity index is 2550.